The van der Waals surface area contributed by atoms with E-state index in [1.807, 2.05) is 31.2 Å². The number of nitrogens with one attached hydrogen (secondary N) is 8. The highest BCUT2D eigenvalue weighted by atomic mass is 16.4. The van der Waals surface area contributed by atoms with E-state index in [4.69, 9.17) is 22.9 Å². The number of aromatic nitrogens is 2. The number of aliphatic hydroxyl groups excluding tert-OH is 2. The Labute approximate surface area is 493 Å². The molecule has 1 fully saturated rings. The molecular formula is C56H86N16O13. The van der Waals surface area contributed by atoms with E-state index in [0.717, 1.165) is 48.8 Å². The number of carboxylic acid groups (broad SMARTS) is 1. The fourth-order valence-electron chi connectivity index (χ4n) is 9.65. The average Bonchev–Trinajstić information content (AvgIpc) is 3.71. The second-order valence-electron chi connectivity index (χ2n) is 21.4. The van der Waals surface area contributed by atoms with Crippen molar-refractivity contribution in [2.24, 2.45) is 33.8 Å². The lowest BCUT2D eigenvalue weighted by Gasteiger charge is -2.37. The monoisotopic (exact) mass is 1190 g/mol. The molecule has 29 nitrogen and oxygen atoms in total. The Morgan fingerprint density at radius 2 is 1.36 bits per heavy atom. The molecule has 0 bridgehead atoms. The molecule has 1 aliphatic rings. The van der Waals surface area contributed by atoms with E-state index in [9.17, 15) is 63.3 Å². The van der Waals surface area contributed by atoms with Crippen molar-refractivity contribution in [2.45, 2.75) is 159 Å². The van der Waals surface area contributed by atoms with Gasteiger partial charge in [0.25, 0.3) is 0 Å². The summed E-state index contributed by atoms with van der Waals surface area (Å²) < 4.78 is 0. The minimum absolute atomic E-state index is 0.117. The molecule has 1 aromatic heterocycles. The lowest BCUT2D eigenvalue weighted by Crippen LogP contribution is -2.62. The highest BCUT2D eigenvalue weighted by Gasteiger charge is 2.38. The Hall–Kier alpha value is -8.28. The minimum Gasteiger partial charge on any atom is -0.480 e. The van der Waals surface area contributed by atoms with Crippen LogP contribution < -0.4 is 60.2 Å². The summed E-state index contributed by atoms with van der Waals surface area (Å²) in [4.78, 5) is 149. The average molecular weight is 1190 g/mol. The smallest absolute Gasteiger partial charge is 0.323 e. The first-order valence-corrected chi connectivity index (χ1v) is 28.5. The number of hydrogen-bond donors (Lipinski definition) is 15. The normalized spacial score (nSPS) is 16.0. The molecule has 1 aliphatic carbocycles. The number of aliphatic imine (C=N–C) groups is 1. The topological polar surface area (TPSA) is 467 Å². The zero-order chi connectivity index (χ0) is 62.9. The highest BCUT2D eigenvalue weighted by Crippen LogP contribution is 2.25. The van der Waals surface area contributed by atoms with Crippen LogP contribution in [-0.2, 0) is 60.8 Å². The van der Waals surface area contributed by atoms with Crippen molar-refractivity contribution in [1.82, 2.24) is 57.0 Å². The standard InChI is InChI=1S/C56H86N16O13/c1-6-31(2)46(55(85)72(29-45(77)78)38-17-8-7-9-18-38)68-43(75)28-71(23-21-57)44(76)27-63-53(83)47(33(4)73)70-54(84)48(34(5)74)69-52(82)42(25-37-26-61-30-64-37)67-51(81)41(24-36-16-12-15-35-14-10-11-19-39(35)36)66-49(79)32(3)65-50(80)40(58)20-13-22-62-56(59)60/h10-12,14-16,19,26,30-34,38,40-42,46-48,73-74H,6-9,13,17-18,20-25,27-29,57-58H2,1-5H3,(H,61,64)(H,63,83)(H,65,80)(H,66,79)(H,67,81)(H,68,75)(H,69,82)(H,70,84)(H,77,78)(H4,59,60,62)/t31?,32-,33+,34+,40-,41-,42-,46-,47-,48-/m0/s1. The molecule has 1 saturated carbocycles. The van der Waals surface area contributed by atoms with Gasteiger partial charge in [-0.25, -0.2) is 4.98 Å². The molecule has 1 unspecified atom stereocenters. The van der Waals surface area contributed by atoms with Crippen LogP contribution >= 0.6 is 0 Å². The highest BCUT2D eigenvalue weighted by molar-refractivity contribution is 5.98. The van der Waals surface area contributed by atoms with E-state index in [1.54, 1.807) is 25.1 Å². The lowest BCUT2D eigenvalue weighted by molar-refractivity contribution is -0.149. The van der Waals surface area contributed by atoms with Gasteiger partial charge in [0.15, 0.2) is 5.96 Å². The molecule has 19 N–H and O–H groups in total. The van der Waals surface area contributed by atoms with Crippen LogP contribution in [0.1, 0.15) is 97.2 Å². The van der Waals surface area contributed by atoms with Gasteiger partial charge in [0, 0.05) is 50.4 Å². The second kappa shape index (κ2) is 34.5. The van der Waals surface area contributed by atoms with Gasteiger partial charge in [-0.1, -0.05) is 82.0 Å². The number of aliphatic hydroxyl groups is 2. The summed E-state index contributed by atoms with van der Waals surface area (Å²) in [7, 11) is 0. The van der Waals surface area contributed by atoms with Crippen LogP contribution in [0.25, 0.3) is 10.8 Å². The summed E-state index contributed by atoms with van der Waals surface area (Å²) in [5.74, 6) is -9.49. The number of aliphatic carboxylic acids is 1. The van der Waals surface area contributed by atoms with Gasteiger partial charge in [-0.3, -0.25) is 52.9 Å². The van der Waals surface area contributed by atoms with Gasteiger partial charge in [-0.2, -0.15) is 0 Å². The van der Waals surface area contributed by atoms with E-state index in [0.29, 0.717) is 36.9 Å². The van der Waals surface area contributed by atoms with Crippen molar-refractivity contribution >= 4 is 75.9 Å². The third-order valence-electron chi connectivity index (χ3n) is 14.6. The number of rotatable bonds is 34. The summed E-state index contributed by atoms with van der Waals surface area (Å²) in [5.41, 5.74) is 23.6. The van der Waals surface area contributed by atoms with Crippen LogP contribution in [0.4, 0.5) is 0 Å². The number of hydrogen-bond acceptors (Lipinski definition) is 16. The molecule has 29 heteroatoms. The third kappa shape index (κ3) is 22.0. The van der Waals surface area contributed by atoms with Crippen molar-refractivity contribution < 1.29 is 63.3 Å². The summed E-state index contributed by atoms with van der Waals surface area (Å²) in [6, 6.07) is 2.43. The summed E-state index contributed by atoms with van der Waals surface area (Å²) in [6.45, 7) is 5.24. The molecule has 4 rings (SSSR count). The van der Waals surface area contributed by atoms with Crippen molar-refractivity contribution in [3.63, 3.8) is 0 Å². The second-order valence-corrected chi connectivity index (χ2v) is 21.4. The maximum atomic E-state index is 14.6. The summed E-state index contributed by atoms with van der Waals surface area (Å²) in [6.07, 6.45) is 3.82. The number of guanidine groups is 1. The van der Waals surface area contributed by atoms with Crippen molar-refractivity contribution in [1.29, 1.82) is 0 Å². The molecule has 9 amide bonds. The zero-order valence-electron chi connectivity index (χ0n) is 48.9. The van der Waals surface area contributed by atoms with E-state index in [1.165, 1.54) is 24.3 Å². The van der Waals surface area contributed by atoms with Gasteiger partial charge < -0.3 is 90.3 Å². The molecule has 3 aromatic rings. The Bertz CT molecular complexity index is 2770. The van der Waals surface area contributed by atoms with Gasteiger partial charge >= 0.3 is 5.97 Å². The van der Waals surface area contributed by atoms with E-state index >= 15 is 0 Å². The number of amides is 9. The van der Waals surface area contributed by atoms with Gasteiger partial charge in [-0.05, 0) is 68.7 Å². The Morgan fingerprint density at radius 3 is 1.99 bits per heavy atom. The number of carboxylic acids is 1. The maximum absolute atomic E-state index is 14.6. The number of nitrogens with two attached hydrogens (primary N) is 4. The van der Waals surface area contributed by atoms with Crippen LogP contribution in [0.5, 0.6) is 0 Å². The number of aromatic amines is 1. The fourth-order valence-corrected chi connectivity index (χ4v) is 9.65. The quantitative estimate of drug-likeness (QED) is 0.0158. The molecule has 2 aromatic carbocycles. The van der Waals surface area contributed by atoms with Crippen LogP contribution in [0.3, 0.4) is 0 Å². The van der Waals surface area contributed by atoms with E-state index < -0.39 is 139 Å². The Balaban J connectivity index is 1.49. The first-order valence-electron chi connectivity index (χ1n) is 28.5. The minimum atomic E-state index is -1.85. The molecule has 0 spiro atoms. The largest absolute Gasteiger partial charge is 0.480 e. The number of imidazole rings is 1. The van der Waals surface area contributed by atoms with E-state index in [2.05, 4.69) is 52.2 Å². The first-order chi connectivity index (χ1) is 40.3. The lowest BCUT2D eigenvalue weighted by atomic mass is 9.91. The Morgan fingerprint density at radius 1 is 0.741 bits per heavy atom. The molecule has 0 radical (unpaired) electrons. The third-order valence-corrected chi connectivity index (χ3v) is 14.6. The zero-order valence-corrected chi connectivity index (χ0v) is 48.9. The van der Waals surface area contributed by atoms with Gasteiger partial charge in [-0.15, -0.1) is 0 Å². The molecule has 10 atom stereocenters. The molecular weight excluding hydrogens is 1100 g/mol. The van der Waals surface area contributed by atoms with Crippen molar-refractivity contribution in [3.8, 4) is 0 Å². The first kappa shape index (κ1) is 69.2. The van der Waals surface area contributed by atoms with Gasteiger partial charge in [0.1, 0.15) is 42.8 Å². The number of fused-ring (bicyclic) bond motifs is 1. The number of carbonyl (C=O) groups is 10. The maximum Gasteiger partial charge on any atom is 0.323 e. The van der Waals surface area contributed by atoms with E-state index in [-0.39, 0.29) is 50.9 Å². The number of benzene rings is 2. The molecule has 1 heterocycles. The number of H-pyrrole nitrogens is 1. The molecule has 468 valence electrons. The van der Waals surface area contributed by atoms with Gasteiger partial charge in [0.05, 0.1) is 37.7 Å². The van der Waals surface area contributed by atoms with Crippen molar-refractivity contribution in [3.05, 3.63) is 66.2 Å². The van der Waals surface area contributed by atoms with Crippen LogP contribution in [-0.4, -0.2) is 200 Å². The SMILES string of the molecule is CCC(C)[C@H](NC(=O)CN(CCN)C(=O)CNC(=O)[C@@H](NC(=O)[C@@H](NC(=O)[C@H](Cc1cnc[nH]1)NC(=O)[C@H](Cc1cccc2ccccc12)NC(=O)[C@H](C)NC(=O)[C@@H](N)CCCN=C(N)N)[C@@H](C)O)[C@@H](C)O)C(=O)N(CC(=O)O)C1CCCCC1. The summed E-state index contributed by atoms with van der Waals surface area (Å²) in [5, 5.41) is 50.6. The van der Waals surface area contributed by atoms with Crippen LogP contribution in [0.15, 0.2) is 60.0 Å². The molecule has 85 heavy (non-hydrogen) atoms. The van der Waals surface area contributed by atoms with Crippen molar-refractivity contribution in [2.75, 3.05) is 39.3 Å². The van der Waals surface area contributed by atoms with Gasteiger partial charge in [0.2, 0.25) is 53.2 Å². The molecule has 0 aliphatic heterocycles. The predicted octanol–water partition coefficient (Wildman–Crippen LogP) is -3.39. The summed E-state index contributed by atoms with van der Waals surface area (Å²) >= 11 is 0. The number of carbonyl (C=O) groups excluding carboxylic acids is 9. The number of nitrogens with zero attached hydrogens (tertiary/aromatic N) is 4. The molecule has 0 saturated heterocycles. The van der Waals surface area contributed by atoms with Crippen LogP contribution in [0.2, 0.25) is 0 Å². The van der Waals surface area contributed by atoms with Crippen LogP contribution in [0, 0.1) is 5.92 Å². The Kier molecular flexibility index (Phi) is 28.1. The predicted molar refractivity (Wildman–Crippen MR) is 313 cm³/mol. The fraction of sp³-hybridized carbons (Fsp3) is 0.571.